The summed E-state index contributed by atoms with van der Waals surface area (Å²) >= 11 is 0. The van der Waals surface area contributed by atoms with Crippen LogP contribution in [0.25, 0.3) is 5.69 Å². The number of hydrogen-bond acceptors (Lipinski definition) is 3. The Morgan fingerprint density at radius 2 is 2.20 bits per heavy atom. The molecule has 2 atom stereocenters. The largest absolute Gasteiger partial charge is 0.311 e. The second-order valence-corrected chi connectivity index (χ2v) is 5.71. The summed E-state index contributed by atoms with van der Waals surface area (Å²) in [6.45, 7) is 7.71. The molecule has 4 nitrogen and oxygen atoms in total. The lowest BCUT2D eigenvalue weighted by atomic mass is 10.1. The zero-order valence-corrected chi connectivity index (χ0v) is 12.2. The summed E-state index contributed by atoms with van der Waals surface area (Å²) < 4.78 is 1.91. The summed E-state index contributed by atoms with van der Waals surface area (Å²) in [7, 11) is 0. The van der Waals surface area contributed by atoms with Crippen LogP contribution < -0.4 is 5.32 Å². The van der Waals surface area contributed by atoms with Crippen molar-refractivity contribution in [3.05, 3.63) is 48.3 Å². The molecule has 20 heavy (non-hydrogen) atoms. The Balaban J connectivity index is 1.76. The molecule has 1 N–H and O–H groups in total. The first kappa shape index (κ1) is 13.3. The van der Waals surface area contributed by atoms with Gasteiger partial charge in [-0.1, -0.05) is 12.1 Å². The zero-order chi connectivity index (χ0) is 13.9. The Morgan fingerprint density at radius 1 is 1.30 bits per heavy atom. The van der Waals surface area contributed by atoms with Crippen LogP contribution in [0.1, 0.15) is 19.4 Å². The predicted octanol–water partition coefficient (Wildman–Crippen LogP) is 2.05. The molecule has 0 radical (unpaired) electrons. The van der Waals surface area contributed by atoms with Gasteiger partial charge < -0.3 is 5.32 Å². The molecule has 1 aromatic heterocycles. The molecule has 4 heteroatoms. The highest BCUT2D eigenvalue weighted by Gasteiger charge is 2.22. The molecule has 1 aromatic carbocycles. The van der Waals surface area contributed by atoms with Gasteiger partial charge in [-0.3, -0.25) is 4.90 Å². The smallest absolute Gasteiger partial charge is 0.0648 e. The maximum absolute atomic E-state index is 4.29. The van der Waals surface area contributed by atoms with Crippen LogP contribution in [0.5, 0.6) is 0 Å². The van der Waals surface area contributed by atoms with Crippen molar-refractivity contribution in [2.75, 3.05) is 13.1 Å². The Bertz CT molecular complexity index is 549. The number of nitrogens with zero attached hydrogens (tertiary/aromatic N) is 3. The minimum absolute atomic E-state index is 0.570. The number of aromatic nitrogens is 2. The second kappa shape index (κ2) is 5.77. The molecule has 3 rings (SSSR count). The van der Waals surface area contributed by atoms with Crippen molar-refractivity contribution in [3.8, 4) is 5.69 Å². The molecule has 2 heterocycles. The molecule has 1 aliphatic rings. The van der Waals surface area contributed by atoms with E-state index in [2.05, 4.69) is 53.4 Å². The highest BCUT2D eigenvalue weighted by Crippen LogP contribution is 2.15. The lowest BCUT2D eigenvalue weighted by Crippen LogP contribution is -2.53. The fourth-order valence-electron chi connectivity index (χ4n) is 2.77. The maximum Gasteiger partial charge on any atom is 0.0648 e. The zero-order valence-electron chi connectivity index (χ0n) is 12.2. The first-order valence-electron chi connectivity index (χ1n) is 7.29. The van der Waals surface area contributed by atoms with E-state index < -0.39 is 0 Å². The van der Waals surface area contributed by atoms with Crippen LogP contribution in [0.2, 0.25) is 0 Å². The van der Waals surface area contributed by atoms with Crippen LogP contribution in [0.3, 0.4) is 0 Å². The van der Waals surface area contributed by atoms with Gasteiger partial charge in [0.15, 0.2) is 0 Å². The van der Waals surface area contributed by atoms with Gasteiger partial charge in [0.05, 0.1) is 5.69 Å². The summed E-state index contributed by atoms with van der Waals surface area (Å²) in [4.78, 5) is 2.55. The van der Waals surface area contributed by atoms with Gasteiger partial charge >= 0.3 is 0 Å². The van der Waals surface area contributed by atoms with Gasteiger partial charge in [-0.15, -0.1) is 0 Å². The first-order chi connectivity index (χ1) is 9.72. The highest BCUT2D eigenvalue weighted by molar-refractivity contribution is 5.35. The topological polar surface area (TPSA) is 33.1 Å². The number of piperazine rings is 1. The average molecular weight is 270 g/mol. The van der Waals surface area contributed by atoms with Crippen LogP contribution in [0.15, 0.2) is 42.7 Å². The molecule has 2 unspecified atom stereocenters. The van der Waals surface area contributed by atoms with Crippen LogP contribution in [-0.2, 0) is 6.54 Å². The third-order valence-corrected chi connectivity index (χ3v) is 3.96. The fourth-order valence-corrected chi connectivity index (χ4v) is 2.77. The summed E-state index contributed by atoms with van der Waals surface area (Å²) in [5.41, 5.74) is 2.47. The molecule has 0 saturated carbocycles. The number of rotatable bonds is 3. The third kappa shape index (κ3) is 2.92. The molecule has 1 aliphatic heterocycles. The minimum Gasteiger partial charge on any atom is -0.311 e. The van der Waals surface area contributed by atoms with E-state index in [4.69, 9.17) is 0 Å². The Labute approximate surface area is 120 Å². The predicted molar refractivity (Wildman–Crippen MR) is 80.9 cm³/mol. The Kier molecular flexibility index (Phi) is 3.85. The summed E-state index contributed by atoms with van der Waals surface area (Å²) in [5, 5.41) is 7.82. The van der Waals surface area contributed by atoms with Crippen molar-refractivity contribution in [3.63, 3.8) is 0 Å². The summed E-state index contributed by atoms with van der Waals surface area (Å²) in [5.74, 6) is 0. The van der Waals surface area contributed by atoms with Gasteiger partial charge in [-0.05, 0) is 37.6 Å². The first-order valence-corrected chi connectivity index (χ1v) is 7.29. The monoisotopic (exact) mass is 270 g/mol. The van der Waals surface area contributed by atoms with Crippen molar-refractivity contribution in [1.82, 2.24) is 20.0 Å². The molecule has 0 spiro atoms. The molecule has 1 fully saturated rings. The number of nitrogens with one attached hydrogen (secondary N) is 1. The van der Waals surface area contributed by atoms with E-state index in [-0.39, 0.29) is 0 Å². The fraction of sp³-hybridized carbons (Fsp3) is 0.438. The molecular formula is C16H22N4. The molecule has 1 saturated heterocycles. The van der Waals surface area contributed by atoms with Gasteiger partial charge in [-0.25, -0.2) is 4.68 Å². The standard InChI is InChI=1S/C16H22N4/c1-13-11-19(14(2)10-17-13)12-15-5-3-6-16(9-15)20-8-4-7-18-20/h3-9,13-14,17H,10-12H2,1-2H3. The van der Waals surface area contributed by atoms with Gasteiger partial charge in [-0.2, -0.15) is 5.10 Å². The van der Waals surface area contributed by atoms with Crippen molar-refractivity contribution in [1.29, 1.82) is 0 Å². The SMILES string of the molecule is CC1CN(Cc2cccc(-n3cccn3)c2)C(C)CN1. The minimum atomic E-state index is 0.570. The molecular weight excluding hydrogens is 248 g/mol. The van der Waals surface area contributed by atoms with E-state index in [0.717, 1.165) is 25.3 Å². The lowest BCUT2D eigenvalue weighted by molar-refractivity contribution is 0.139. The van der Waals surface area contributed by atoms with E-state index in [1.807, 2.05) is 23.1 Å². The second-order valence-electron chi connectivity index (χ2n) is 5.71. The molecule has 2 aromatic rings. The maximum atomic E-state index is 4.29. The van der Waals surface area contributed by atoms with Gasteiger partial charge in [0, 0.05) is 44.1 Å². The Hall–Kier alpha value is -1.65. The van der Waals surface area contributed by atoms with Gasteiger partial charge in [0.2, 0.25) is 0 Å². The van der Waals surface area contributed by atoms with Crippen molar-refractivity contribution in [2.45, 2.75) is 32.5 Å². The normalized spacial score (nSPS) is 23.9. The lowest BCUT2D eigenvalue weighted by Gasteiger charge is -2.37. The van der Waals surface area contributed by atoms with Crippen molar-refractivity contribution >= 4 is 0 Å². The van der Waals surface area contributed by atoms with Gasteiger partial charge in [0.25, 0.3) is 0 Å². The quantitative estimate of drug-likeness (QED) is 0.926. The van der Waals surface area contributed by atoms with Gasteiger partial charge in [0.1, 0.15) is 0 Å². The summed E-state index contributed by atoms with van der Waals surface area (Å²) in [6, 6.07) is 11.7. The average Bonchev–Trinajstić information content (AvgIpc) is 2.97. The van der Waals surface area contributed by atoms with Crippen molar-refractivity contribution in [2.24, 2.45) is 0 Å². The highest BCUT2D eigenvalue weighted by atomic mass is 15.3. The molecule has 106 valence electrons. The Morgan fingerprint density at radius 3 is 3.00 bits per heavy atom. The number of benzene rings is 1. The molecule has 0 amide bonds. The van der Waals surface area contributed by atoms with E-state index in [0.29, 0.717) is 12.1 Å². The van der Waals surface area contributed by atoms with Crippen LogP contribution >= 0.6 is 0 Å². The molecule has 0 aliphatic carbocycles. The molecule has 0 bridgehead atoms. The van der Waals surface area contributed by atoms with E-state index in [9.17, 15) is 0 Å². The van der Waals surface area contributed by atoms with Crippen LogP contribution in [0, 0.1) is 0 Å². The van der Waals surface area contributed by atoms with Crippen LogP contribution in [0.4, 0.5) is 0 Å². The van der Waals surface area contributed by atoms with E-state index in [1.54, 1.807) is 0 Å². The van der Waals surface area contributed by atoms with Crippen molar-refractivity contribution < 1.29 is 0 Å². The van der Waals surface area contributed by atoms with E-state index >= 15 is 0 Å². The third-order valence-electron chi connectivity index (χ3n) is 3.96. The summed E-state index contributed by atoms with van der Waals surface area (Å²) in [6.07, 6.45) is 3.79. The number of hydrogen-bond donors (Lipinski definition) is 1. The van der Waals surface area contributed by atoms with Crippen LogP contribution in [-0.4, -0.2) is 39.9 Å². The van der Waals surface area contributed by atoms with E-state index in [1.165, 1.54) is 5.56 Å².